The first-order chi connectivity index (χ1) is 10.1. The van der Waals surface area contributed by atoms with E-state index in [9.17, 15) is 4.79 Å². The predicted octanol–water partition coefficient (Wildman–Crippen LogP) is 3.45. The van der Waals surface area contributed by atoms with Crippen LogP contribution in [-0.4, -0.2) is 9.97 Å². The highest BCUT2D eigenvalue weighted by Crippen LogP contribution is 2.29. The Labute approximate surface area is 130 Å². The summed E-state index contributed by atoms with van der Waals surface area (Å²) in [7, 11) is 0. The summed E-state index contributed by atoms with van der Waals surface area (Å²) in [6, 6.07) is 12.6. The minimum Gasteiger partial charge on any atom is -0.398 e. The second-order valence-corrected chi connectivity index (χ2v) is 5.95. The molecular weight excluding hydrogens is 306 g/mol. The number of H-pyrrole nitrogens is 1. The average Bonchev–Trinajstić information content (AvgIpc) is 2.48. The lowest BCUT2D eigenvalue weighted by Gasteiger charge is -2.06. The lowest BCUT2D eigenvalue weighted by Crippen LogP contribution is -2.11. The van der Waals surface area contributed by atoms with Crippen LogP contribution < -0.4 is 11.3 Å². The zero-order valence-electron chi connectivity index (χ0n) is 11.0. The van der Waals surface area contributed by atoms with Crippen LogP contribution in [0.3, 0.4) is 0 Å². The van der Waals surface area contributed by atoms with E-state index in [-0.39, 0.29) is 5.56 Å². The molecule has 0 fully saturated rings. The maximum atomic E-state index is 12.0. The smallest absolute Gasteiger partial charge is 0.258 e. The van der Waals surface area contributed by atoms with Crippen molar-refractivity contribution in [2.75, 3.05) is 5.73 Å². The SMILES string of the molecule is Nc1ccc(Cl)cc1SCc1nc2ccccc2c(=O)[nH]1. The molecule has 0 spiro atoms. The van der Waals surface area contributed by atoms with Gasteiger partial charge < -0.3 is 10.7 Å². The Morgan fingerprint density at radius 3 is 2.90 bits per heavy atom. The number of aromatic amines is 1. The maximum Gasteiger partial charge on any atom is 0.258 e. The van der Waals surface area contributed by atoms with Crippen molar-refractivity contribution >= 4 is 40.0 Å². The van der Waals surface area contributed by atoms with E-state index in [1.807, 2.05) is 18.2 Å². The van der Waals surface area contributed by atoms with E-state index in [0.717, 1.165) is 4.90 Å². The number of nitrogens with two attached hydrogens (primary N) is 1. The van der Waals surface area contributed by atoms with Crippen LogP contribution in [0.1, 0.15) is 5.82 Å². The van der Waals surface area contributed by atoms with Gasteiger partial charge in [-0.2, -0.15) is 0 Å². The van der Waals surface area contributed by atoms with Crippen molar-refractivity contribution in [1.82, 2.24) is 9.97 Å². The van der Waals surface area contributed by atoms with Crippen LogP contribution >= 0.6 is 23.4 Å². The Kier molecular flexibility index (Phi) is 3.86. The molecule has 1 heterocycles. The molecule has 0 amide bonds. The summed E-state index contributed by atoms with van der Waals surface area (Å²) in [5, 5.41) is 1.22. The van der Waals surface area contributed by atoms with Crippen molar-refractivity contribution in [3.63, 3.8) is 0 Å². The third-order valence-electron chi connectivity index (χ3n) is 3.00. The van der Waals surface area contributed by atoms with Crippen molar-refractivity contribution in [3.8, 4) is 0 Å². The molecule has 3 N–H and O–H groups in total. The number of anilines is 1. The number of para-hydroxylation sites is 1. The largest absolute Gasteiger partial charge is 0.398 e. The van der Waals surface area contributed by atoms with Gasteiger partial charge in [-0.05, 0) is 30.3 Å². The van der Waals surface area contributed by atoms with Gasteiger partial charge in [-0.3, -0.25) is 4.79 Å². The number of halogens is 1. The van der Waals surface area contributed by atoms with Gasteiger partial charge in [0.25, 0.3) is 5.56 Å². The molecule has 0 aliphatic carbocycles. The van der Waals surface area contributed by atoms with Crippen molar-refractivity contribution in [2.45, 2.75) is 10.6 Å². The average molecular weight is 318 g/mol. The number of fused-ring (bicyclic) bond motifs is 1. The molecular formula is C15H12ClN3OS. The van der Waals surface area contributed by atoms with Gasteiger partial charge in [0, 0.05) is 15.6 Å². The number of nitrogen functional groups attached to an aromatic ring is 1. The standard InChI is InChI=1S/C15H12ClN3OS/c16-9-5-6-11(17)13(7-9)21-8-14-18-12-4-2-1-3-10(12)15(20)19-14/h1-7H,8,17H2,(H,18,19,20). The van der Waals surface area contributed by atoms with Crippen molar-refractivity contribution < 1.29 is 0 Å². The number of thioether (sulfide) groups is 1. The van der Waals surface area contributed by atoms with Crippen LogP contribution in [0, 0.1) is 0 Å². The van der Waals surface area contributed by atoms with Gasteiger partial charge in [0.15, 0.2) is 0 Å². The highest BCUT2D eigenvalue weighted by molar-refractivity contribution is 7.98. The van der Waals surface area contributed by atoms with Crippen LogP contribution in [0.25, 0.3) is 10.9 Å². The highest BCUT2D eigenvalue weighted by atomic mass is 35.5. The molecule has 21 heavy (non-hydrogen) atoms. The molecule has 6 heteroatoms. The molecule has 106 valence electrons. The topological polar surface area (TPSA) is 71.8 Å². The molecule has 4 nitrogen and oxygen atoms in total. The Morgan fingerprint density at radius 1 is 1.24 bits per heavy atom. The summed E-state index contributed by atoms with van der Waals surface area (Å²) < 4.78 is 0. The Hall–Kier alpha value is -1.98. The third-order valence-corrected chi connectivity index (χ3v) is 4.32. The highest BCUT2D eigenvalue weighted by Gasteiger charge is 2.06. The molecule has 0 radical (unpaired) electrons. The van der Waals surface area contributed by atoms with Gasteiger partial charge in [0.2, 0.25) is 0 Å². The summed E-state index contributed by atoms with van der Waals surface area (Å²) in [6.07, 6.45) is 0. The van der Waals surface area contributed by atoms with Crippen LogP contribution in [-0.2, 0) is 5.75 Å². The first-order valence-corrected chi connectivity index (χ1v) is 7.65. The molecule has 0 aliphatic rings. The molecule has 3 aromatic rings. The minimum atomic E-state index is -0.129. The molecule has 0 bridgehead atoms. The lowest BCUT2D eigenvalue weighted by molar-refractivity contribution is 1.04. The number of aromatic nitrogens is 2. The van der Waals surface area contributed by atoms with Gasteiger partial charge >= 0.3 is 0 Å². The number of nitrogens with zero attached hydrogens (tertiary/aromatic N) is 1. The Bertz CT molecular complexity index is 863. The summed E-state index contributed by atoms with van der Waals surface area (Å²) in [5.41, 5.74) is 7.12. The molecule has 0 atom stereocenters. The summed E-state index contributed by atoms with van der Waals surface area (Å²) in [6.45, 7) is 0. The fourth-order valence-electron chi connectivity index (χ4n) is 1.98. The lowest BCUT2D eigenvalue weighted by atomic mass is 10.2. The van der Waals surface area contributed by atoms with E-state index in [2.05, 4.69) is 9.97 Å². The normalized spacial score (nSPS) is 10.9. The number of hydrogen-bond donors (Lipinski definition) is 2. The molecule has 0 unspecified atom stereocenters. The number of rotatable bonds is 3. The van der Waals surface area contributed by atoms with Gasteiger partial charge in [-0.15, -0.1) is 11.8 Å². The fraction of sp³-hybridized carbons (Fsp3) is 0.0667. The van der Waals surface area contributed by atoms with E-state index in [4.69, 9.17) is 17.3 Å². The monoisotopic (exact) mass is 317 g/mol. The third kappa shape index (κ3) is 3.04. The molecule has 2 aromatic carbocycles. The van der Waals surface area contributed by atoms with Crippen LogP contribution in [0.4, 0.5) is 5.69 Å². The maximum absolute atomic E-state index is 12.0. The van der Waals surface area contributed by atoms with E-state index < -0.39 is 0 Å². The Morgan fingerprint density at radius 2 is 2.05 bits per heavy atom. The number of benzene rings is 2. The second-order valence-electron chi connectivity index (χ2n) is 4.50. The van der Waals surface area contributed by atoms with Crippen molar-refractivity contribution in [3.05, 3.63) is 63.7 Å². The minimum absolute atomic E-state index is 0.129. The van der Waals surface area contributed by atoms with E-state index >= 15 is 0 Å². The summed E-state index contributed by atoms with van der Waals surface area (Å²) in [4.78, 5) is 20.1. The quantitative estimate of drug-likeness (QED) is 0.573. The summed E-state index contributed by atoms with van der Waals surface area (Å²) >= 11 is 7.45. The van der Waals surface area contributed by atoms with E-state index in [1.54, 1.807) is 24.3 Å². The number of nitrogens with one attached hydrogen (secondary N) is 1. The van der Waals surface area contributed by atoms with Crippen LogP contribution in [0.5, 0.6) is 0 Å². The molecule has 0 saturated heterocycles. The number of hydrogen-bond acceptors (Lipinski definition) is 4. The van der Waals surface area contributed by atoms with Crippen LogP contribution in [0.2, 0.25) is 5.02 Å². The van der Waals surface area contributed by atoms with Crippen molar-refractivity contribution in [1.29, 1.82) is 0 Å². The van der Waals surface area contributed by atoms with Gasteiger partial charge in [-0.25, -0.2) is 4.98 Å². The van der Waals surface area contributed by atoms with Crippen molar-refractivity contribution in [2.24, 2.45) is 0 Å². The van der Waals surface area contributed by atoms with E-state index in [0.29, 0.717) is 33.2 Å². The van der Waals surface area contributed by atoms with Crippen LogP contribution in [0.15, 0.2) is 52.2 Å². The predicted molar refractivity (Wildman–Crippen MR) is 87.8 cm³/mol. The molecule has 1 aromatic heterocycles. The molecule has 3 rings (SSSR count). The van der Waals surface area contributed by atoms with Gasteiger partial charge in [-0.1, -0.05) is 23.7 Å². The Balaban J connectivity index is 1.88. The van der Waals surface area contributed by atoms with Gasteiger partial charge in [0.05, 0.1) is 16.7 Å². The first-order valence-electron chi connectivity index (χ1n) is 6.29. The second kappa shape index (κ2) is 5.79. The molecule has 0 saturated carbocycles. The fourth-order valence-corrected chi connectivity index (χ4v) is 3.09. The zero-order chi connectivity index (χ0) is 14.8. The first kappa shape index (κ1) is 14.0. The van der Waals surface area contributed by atoms with Gasteiger partial charge in [0.1, 0.15) is 5.82 Å². The zero-order valence-corrected chi connectivity index (χ0v) is 12.5. The molecule has 0 aliphatic heterocycles. The van der Waals surface area contributed by atoms with E-state index in [1.165, 1.54) is 11.8 Å². The summed E-state index contributed by atoms with van der Waals surface area (Å²) in [5.74, 6) is 1.13.